The lowest BCUT2D eigenvalue weighted by atomic mass is 10.1. The molecule has 2 heterocycles. The van der Waals surface area contributed by atoms with Gasteiger partial charge in [-0.3, -0.25) is 9.36 Å². The molecular weight excluding hydrogens is 322 g/mol. The monoisotopic (exact) mass is 336 g/mol. The molecule has 3 rings (SSSR count). The summed E-state index contributed by atoms with van der Waals surface area (Å²) in [6.45, 7) is 3.54. The molecule has 0 saturated heterocycles. The van der Waals surface area contributed by atoms with E-state index in [4.69, 9.17) is 0 Å². The molecule has 2 aromatic heterocycles. The maximum Gasteiger partial charge on any atom is 0.262 e. The standard InChI is InChI=1S/C16H14F2N2O2S/c1-8-9(2)23-15-14(8)16(22)20(7-19-15)6-13(21)11-5-10(17)3-4-12(11)18/h3-5,7,13,21H,6H2,1-2H3/t13-/m0/s1. The lowest BCUT2D eigenvalue weighted by Gasteiger charge is -2.13. The summed E-state index contributed by atoms with van der Waals surface area (Å²) in [4.78, 5) is 18.4. The molecule has 1 atom stereocenters. The van der Waals surface area contributed by atoms with Crippen LogP contribution in [-0.4, -0.2) is 14.7 Å². The summed E-state index contributed by atoms with van der Waals surface area (Å²) < 4.78 is 28.2. The average Bonchev–Trinajstić information content (AvgIpc) is 2.80. The first-order chi connectivity index (χ1) is 10.9. The van der Waals surface area contributed by atoms with Gasteiger partial charge in [0.1, 0.15) is 16.5 Å². The number of aryl methyl sites for hydroxylation is 2. The van der Waals surface area contributed by atoms with Crippen LogP contribution < -0.4 is 5.56 Å². The second-order valence-electron chi connectivity index (χ2n) is 5.35. The molecule has 0 saturated carbocycles. The molecule has 7 heteroatoms. The molecule has 0 aliphatic heterocycles. The number of halogens is 2. The number of thiophene rings is 1. The third-order valence-corrected chi connectivity index (χ3v) is 4.96. The summed E-state index contributed by atoms with van der Waals surface area (Å²) in [6.07, 6.45) is -0.0248. The molecule has 0 spiro atoms. The Morgan fingerprint density at radius 3 is 2.83 bits per heavy atom. The highest BCUT2D eigenvalue weighted by atomic mass is 32.1. The number of hydrogen-bond donors (Lipinski definition) is 1. The van der Waals surface area contributed by atoms with Gasteiger partial charge in [-0.05, 0) is 37.6 Å². The molecule has 0 bridgehead atoms. The highest BCUT2D eigenvalue weighted by Crippen LogP contribution is 2.26. The van der Waals surface area contributed by atoms with E-state index in [0.717, 1.165) is 28.6 Å². The van der Waals surface area contributed by atoms with E-state index >= 15 is 0 Å². The summed E-state index contributed by atoms with van der Waals surface area (Å²) >= 11 is 1.42. The van der Waals surface area contributed by atoms with Crippen LogP contribution >= 0.6 is 11.3 Å². The lowest BCUT2D eigenvalue weighted by molar-refractivity contribution is 0.150. The van der Waals surface area contributed by atoms with Gasteiger partial charge < -0.3 is 5.11 Å². The van der Waals surface area contributed by atoms with Gasteiger partial charge in [0, 0.05) is 10.4 Å². The van der Waals surface area contributed by atoms with E-state index in [9.17, 15) is 18.7 Å². The van der Waals surface area contributed by atoms with Gasteiger partial charge in [-0.15, -0.1) is 11.3 Å². The molecule has 4 nitrogen and oxygen atoms in total. The van der Waals surface area contributed by atoms with Crippen molar-refractivity contribution >= 4 is 21.6 Å². The zero-order valence-corrected chi connectivity index (χ0v) is 13.3. The van der Waals surface area contributed by atoms with E-state index in [0.29, 0.717) is 10.2 Å². The van der Waals surface area contributed by atoms with Gasteiger partial charge in [-0.1, -0.05) is 0 Å². The van der Waals surface area contributed by atoms with Gasteiger partial charge in [0.15, 0.2) is 0 Å². The van der Waals surface area contributed by atoms with Crippen molar-refractivity contribution in [2.75, 3.05) is 0 Å². The summed E-state index contributed by atoms with van der Waals surface area (Å²) in [5, 5.41) is 10.7. The molecule has 120 valence electrons. The first-order valence-electron chi connectivity index (χ1n) is 6.96. The molecule has 0 aliphatic rings. The summed E-state index contributed by atoms with van der Waals surface area (Å²) in [6, 6.07) is 2.85. The highest BCUT2D eigenvalue weighted by Gasteiger charge is 2.17. The first-order valence-corrected chi connectivity index (χ1v) is 7.78. The number of benzene rings is 1. The minimum Gasteiger partial charge on any atom is -0.386 e. The van der Waals surface area contributed by atoms with E-state index in [2.05, 4.69) is 4.98 Å². The van der Waals surface area contributed by atoms with Crippen molar-refractivity contribution in [1.82, 2.24) is 9.55 Å². The molecule has 0 unspecified atom stereocenters. The van der Waals surface area contributed by atoms with Crippen LogP contribution in [0, 0.1) is 25.5 Å². The molecule has 0 radical (unpaired) electrons. The Kier molecular flexibility index (Phi) is 3.99. The molecule has 0 aliphatic carbocycles. The third kappa shape index (κ3) is 2.77. The van der Waals surface area contributed by atoms with E-state index in [1.54, 1.807) is 0 Å². The Balaban J connectivity index is 2.01. The molecular formula is C16H14F2N2O2S. The Hall–Kier alpha value is -2.12. The summed E-state index contributed by atoms with van der Waals surface area (Å²) in [7, 11) is 0. The number of hydrogen-bond acceptors (Lipinski definition) is 4. The average molecular weight is 336 g/mol. The maximum atomic E-state index is 13.7. The van der Waals surface area contributed by atoms with Crippen LogP contribution in [-0.2, 0) is 6.54 Å². The summed E-state index contributed by atoms with van der Waals surface area (Å²) in [5.41, 5.74) is 0.367. The van der Waals surface area contributed by atoms with Crippen LogP contribution in [0.1, 0.15) is 22.1 Å². The normalized spacial score (nSPS) is 12.7. The van der Waals surface area contributed by atoms with Crippen LogP contribution in [0.5, 0.6) is 0 Å². The van der Waals surface area contributed by atoms with Gasteiger partial charge in [0.05, 0.1) is 24.4 Å². The largest absolute Gasteiger partial charge is 0.386 e. The zero-order chi connectivity index (χ0) is 16.7. The van der Waals surface area contributed by atoms with E-state index in [1.165, 1.54) is 22.2 Å². The topological polar surface area (TPSA) is 55.1 Å². The molecule has 0 fully saturated rings. The second kappa shape index (κ2) is 5.82. The fourth-order valence-corrected chi connectivity index (χ4v) is 3.44. The zero-order valence-electron chi connectivity index (χ0n) is 12.5. The van der Waals surface area contributed by atoms with E-state index < -0.39 is 17.7 Å². The SMILES string of the molecule is Cc1sc2ncn(C[C@H](O)c3cc(F)ccc3F)c(=O)c2c1C. The number of rotatable bonds is 3. The van der Waals surface area contributed by atoms with Crippen molar-refractivity contribution in [3.8, 4) is 0 Å². The van der Waals surface area contributed by atoms with Crippen molar-refractivity contribution in [3.63, 3.8) is 0 Å². The smallest absolute Gasteiger partial charge is 0.262 e. The Morgan fingerprint density at radius 1 is 1.35 bits per heavy atom. The highest BCUT2D eigenvalue weighted by molar-refractivity contribution is 7.18. The predicted molar refractivity (Wildman–Crippen MR) is 84.7 cm³/mol. The molecule has 3 aromatic rings. The molecule has 0 amide bonds. The van der Waals surface area contributed by atoms with Gasteiger partial charge in [0.2, 0.25) is 0 Å². The number of nitrogens with zero attached hydrogens (tertiary/aromatic N) is 2. The molecule has 1 N–H and O–H groups in total. The van der Waals surface area contributed by atoms with Crippen molar-refractivity contribution in [2.45, 2.75) is 26.5 Å². The van der Waals surface area contributed by atoms with Crippen molar-refractivity contribution in [1.29, 1.82) is 0 Å². The minimum atomic E-state index is -1.34. The van der Waals surface area contributed by atoms with Gasteiger partial charge in [0.25, 0.3) is 5.56 Å². The molecule has 1 aromatic carbocycles. The van der Waals surface area contributed by atoms with Crippen LogP contribution in [0.25, 0.3) is 10.2 Å². The van der Waals surface area contributed by atoms with Crippen molar-refractivity contribution in [3.05, 3.63) is 62.5 Å². The predicted octanol–water partition coefficient (Wildman–Crippen LogP) is 3.09. The van der Waals surface area contributed by atoms with Crippen LogP contribution in [0.2, 0.25) is 0 Å². The van der Waals surface area contributed by atoms with Gasteiger partial charge in [-0.25, -0.2) is 13.8 Å². The van der Waals surface area contributed by atoms with Crippen LogP contribution in [0.3, 0.4) is 0 Å². The lowest BCUT2D eigenvalue weighted by Crippen LogP contribution is -2.24. The first kappa shape index (κ1) is 15.8. The van der Waals surface area contributed by atoms with Gasteiger partial charge >= 0.3 is 0 Å². The quantitative estimate of drug-likeness (QED) is 0.800. The van der Waals surface area contributed by atoms with Crippen molar-refractivity contribution < 1.29 is 13.9 Å². The number of aliphatic hydroxyl groups is 1. The Morgan fingerprint density at radius 2 is 2.09 bits per heavy atom. The fraction of sp³-hybridized carbons (Fsp3) is 0.250. The number of aliphatic hydroxyl groups excluding tert-OH is 1. The van der Waals surface area contributed by atoms with Gasteiger partial charge in [-0.2, -0.15) is 0 Å². The Bertz CT molecular complexity index is 949. The maximum absolute atomic E-state index is 13.7. The fourth-order valence-electron chi connectivity index (χ4n) is 2.45. The van der Waals surface area contributed by atoms with Crippen LogP contribution in [0.15, 0.2) is 29.3 Å². The minimum absolute atomic E-state index is 0.185. The summed E-state index contributed by atoms with van der Waals surface area (Å²) in [5.74, 6) is -1.37. The number of fused-ring (bicyclic) bond motifs is 1. The molecule has 23 heavy (non-hydrogen) atoms. The third-order valence-electron chi connectivity index (χ3n) is 3.84. The van der Waals surface area contributed by atoms with E-state index in [1.807, 2.05) is 13.8 Å². The van der Waals surface area contributed by atoms with Crippen molar-refractivity contribution in [2.24, 2.45) is 0 Å². The second-order valence-corrected chi connectivity index (χ2v) is 6.55. The van der Waals surface area contributed by atoms with E-state index in [-0.39, 0.29) is 17.7 Å². The number of aromatic nitrogens is 2. The van der Waals surface area contributed by atoms with Crippen LogP contribution in [0.4, 0.5) is 8.78 Å². The Labute approximate surface area is 134 Å².